The first-order valence-electron chi connectivity index (χ1n) is 12.4. The number of amides is 1. The summed E-state index contributed by atoms with van der Waals surface area (Å²) in [6, 6.07) is 18.6. The van der Waals surface area contributed by atoms with Crippen LogP contribution in [0.2, 0.25) is 0 Å². The molecule has 2 aliphatic rings. The Balaban J connectivity index is 1.19. The van der Waals surface area contributed by atoms with Crippen LogP contribution in [0.1, 0.15) is 54.1 Å². The van der Waals surface area contributed by atoms with Gasteiger partial charge in [-0.25, -0.2) is 0 Å². The zero-order chi connectivity index (χ0) is 23.0. The molecule has 0 bridgehead atoms. The van der Waals surface area contributed by atoms with Crippen molar-refractivity contribution in [3.63, 3.8) is 0 Å². The second kappa shape index (κ2) is 11.6. The minimum absolute atomic E-state index is 0.118. The lowest BCUT2D eigenvalue weighted by atomic mass is 9.92. The third kappa shape index (κ3) is 6.99. The molecule has 2 aromatic rings. The number of nitrogens with zero attached hydrogens (tertiary/aromatic N) is 3. The summed E-state index contributed by atoms with van der Waals surface area (Å²) in [6.07, 6.45) is 4.04. The highest BCUT2D eigenvalue weighted by Crippen LogP contribution is 2.23. The summed E-state index contributed by atoms with van der Waals surface area (Å²) >= 11 is 0. The average Bonchev–Trinajstić information content (AvgIpc) is 2.84. The summed E-state index contributed by atoms with van der Waals surface area (Å²) in [5, 5.41) is 0. The Morgan fingerprint density at radius 3 is 2.33 bits per heavy atom. The Hall–Kier alpha value is -2.50. The molecule has 0 unspecified atom stereocenters. The van der Waals surface area contributed by atoms with E-state index in [0.717, 1.165) is 64.3 Å². The second-order valence-electron chi connectivity index (χ2n) is 9.68. The fraction of sp³-hybridized carbons (Fsp3) is 0.500. The molecule has 1 amide bonds. The summed E-state index contributed by atoms with van der Waals surface area (Å²) in [6.45, 7) is 9.21. The normalized spacial score (nSPS) is 20.0. The molecule has 2 saturated heterocycles. The van der Waals surface area contributed by atoms with Gasteiger partial charge in [0, 0.05) is 57.8 Å². The lowest BCUT2D eigenvalue weighted by Gasteiger charge is -2.36. The highest BCUT2D eigenvalue weighted by Gasteiger charge is 2.24. The molecule has 176 valence electrons. The zero-order valence-electron chi connectivity index (χ0n) is 19.9. The van der Waals surface area contributed by atoms with Crippen LogP contribution < -0.4 is 0 Å². The van der Waals surface area contributed by atoms with Crippen molar-refractivity contribution in [1.82, 2.24) is 14.7 Å². The maximum Gasteiger partial charge on any atom is 0.222 e. The van der Waals surface area contributed by atoms with E-state index in [1.54, 1.807) is 6.92 Å². The van der Waals surface area contributed by atoms with Gasteiger partial charge in [-0.3, -0.25) is 19.4 Å². The van der Waals surface area contributed by atoms with Crippen molar-refractivity contribution in [2.45, 2.75) is 45.7 Å². The van der Waals surface area contributed by atoms with Crippen molar-refractivity contribution >= 4 is 11.7 Å². The average molecular weight is 448 g/mol. The van der Waals surface area contributed by atoms with Crippen LogP contribution in [0.25, 0.3) is 0 Å². The van der Waals surface area contributed by atoms with E-state index in [9.17, 15) is 9.59 Å². The molecule has 5 heteroatoms. The molecule has 0 radical (unpaired) electrons. The van der Waals surface area contributed by atoms with Gasteiger partial charge in [-0.15, -0.1) is 0 Å². The predicted octanol–water partition coefficient (Wildman–Crippen LogP) is 4.23. The number of ketones is 1. The molecule has 2 aliphatic heterocycles. The van der Waals surface area contributed by atoms with Gasteiger partial charge in [0.1, 0.15) is 0 Å². The van der Waals surface area contributed by atoms with Gasteiger partial charge in [0.05, 0.1) is 0 Å². The first-order valence-corrected chi connectivity index (χ1v) is 12.4. The van der Waals surface area contributed by atoms with Crippen LogP contribution in [-0.4, -0.2) is 65.7 Å². The largest absolute Gasteiger partial charge is 0.340 e. The van der Waals surface area contributed by atoms with Crippen molar-refractivity contribution in [3.05, 3.63) is 71.3 Å². The Bertz CT molecular complexity index is 922. The number of piperidine rings is 1. The van der Waals surface area contributed by atoms with E-state index in [1.165, 1.54) is 24.0 Å². The quantitative estimate of drug-likeness (QED) is 0.568. The van der Waals surface area contributed by atoms with Gasteiger partial charge in [0.25, 0.3) is 0 Å². The van der Waals surface area contributed by atoms with Crippen LogP contribution in [0.4, 0.5) is 0 Å². The van der Waals surface area contributed by atoms with Crippen LogP contribution in [0, 0.1) is 5.92 Å². The van der Waals surface area contributed by atoms with Crippen molar-refractivity contribution in [2.24, 2.45) is 5.92 Å². The molecular formula is C28H37N3O2. The molecular weight excluding hydrogens is 410 g/mol. The van der Waals surface area contributed by atoms with Crippen molar-refractivity contribution in [1.29, 1.82) is 0 Å². The summed E-state index contributed by atoms with van der Waals surface area (Å²) in [4.78, 5) is 31.5. The van der Waals surface area contributed by atoms with Gasteiger partial charge < -0.3 is 4.90 Å². The SMILES string of the molecule is CC(=O)c1cccc(CN2CCC[C@H](CCC(=O)N3CCN(Cc4ccccc4)CC3)C2)c1. The molecule has 0 aromatic heterocycles. The maximum atomic E-state index is 12.8. The standard InChI is InChI=1S/C28H37N3O2/c1-23(32)27-11-5-9-26(19-27)22-30-14-6-10-25(21-30)12-13-28(33)31-17-15-29(16-18-31)20-24-7-3-2-4-8-24/h2-5,7-9,11,19,25H,6,10,12-18,20-22H2,1H3/t25-/m1/s1. The first-order chi connectivity index (χ1) is 16.1. The van der Waals surface area contributed by atoms with Crippen molar-refractivity contribution < 1.29 is 9.59 Å². The molecule has 0 N–H and O–H groups in total. The fourth-order valence-electron chi connectivity index (χ4n) is 5.16. The Morgan fingerprint density at radius 2 is 1.58 bits per heavy atom. The molecule has 0 saturated carbocycles. The second-order valence-corrected chi connectivity index (χ2v) is 9.68. The van der Waals surface area contributed by atoms with E-state index in [1.807, 2.05) is 18.2 Å². The number of rotatable bonds is 8. The molecule has 1 atom stereocenters. The lowest BCUT2D eigenvalue weighted by molar-refractivity contribution is -0.133. The Labute approximate surface area is 198 Å². The topological polar surface area (TPSA) is 43.9 Å². The summed E-state index contributed by atoms with van der Waals surface area (Å²) < 4.78 is 0. The highest BCUT2D eigenvalue weighted by molar-refractivity contribution is 5.94. The van der Waals surface area contributed by atoms with Crippen LogP contribution in [-0.2, 0) is 17.9 Å². The van der Waals surface area contributed by atoms with Crippen LogP contribution in [0.15, 0.2) is 54.6 Å². The van der Waals surface area contributed by atoms with Gasteiger partial charge in [-0.05, 0) is 55.8 Å². The Kier molecular flexibility index (Phi) is 8.30. The minimum Gasteiger partial charge on any atom is -0.340 e. The van der Waals surface area contributed by atoms with Crippen molar-refractivity contribution in [3.8, 4) is 0 Å². The number of carbonyl (C=O) groups excluding carboxylic acids is 2. The summed E-state index contributed by atoms with van der Waals surface area (Å²) in [7, 11) is 0. The number of hydrogen-bond acceptors (Lipinski definition) is 4. The number of likely N-dealkylation sites (tertiary alicyclic amines) is 1. The van der Waals surface area contributed by atoms with Gasteiger partial charge >= 0.3 is 0 Å². The van der Waals surface area contributed by atoms with Gasteiger partial charge in [-0.2, -0.15) is 0 Å². The van der Waals surface area contributed by atoms with E-state index in [4.69, 9.17) is 0 Å². The first kappa shape index (κ1) is 23.7. The molecule has 5 nitrogen and oxygen atoms in total. The third-order valence-corrected chi connectivity index (χ3v) is 7.08. The smallest absolute Gasteiger partial charge is 0.222 e. The number of Topliss-reactive ketones (excluding diaryl/α,β-unsaturated/α-hetero) is 1. The number of piperazine rings is 1. The van der Waals surface area contributed by atoms with Gasteiger partial charge in [-0.1, -0.05) is 48.5 Å². The van der Waals surface area contributed by atoms with E-state index < -0.39 is 0 Å². The highest BCUT2D eigenvalue weighted by atomic mass is 16.2. The molecule has 2 heterocycles. The third-order valence-electron chi connectivity index (χ3n) is 7.08. The summed E-state index contributed by atoms with van der Waals surface area (Å²) in [5.41, 5.74) is 3.33. The predicted molar refractivity (Wildman–Crippen MR) is 132 cm³/mol. The fourth-order valence-corrected chi connectivity index (χ4v) is 5.16. The molecule has 33 heavy (non-hydrogen) atoms. The lowest BCUT2D eigenvalue weighted by Crippen LogP contribution is -2.48. The van der Waals surface area contributed by atoms with Crippen LogP contribution >= 0.6 is 0 Å². The van der Waals surface area contributed by atoms with E-state index in [2.05, 4.69) is 51.1 Å². The number of hydrogen-bond donors (Lipinski definition) is 0. The van der Waals surface area contributed by atoms with E-state index >= 15 is 0 Å². The van der Waals surface area contributed by atoms with E-state index in [-0.39, 0.29) is 5.78 Å². The molecule has 2 aromatic carbocycles. The number of benzene rings is 2. The van der Waals surface area contributed by atoms with E-state index in [0.29, 0.717) is 18.2 Å². The summed E-state index contributed by atoms with van der Waals surface area (Å²) in [5.74, 6) is 1.02. The maximum absolute atomic E-state index is 12.8. The van der Waals surface area contributed by atoms with Crippen LogP contribution in [0.3, 0.4) is 0 Å². The minimum atomic E-state index is 0.118. The zero-order valence-corrected chi connectivity index (χ0v) is 19.9. The van der Waals surface area contributed by atoms with Crippen molar-refractivity contribution in [2.75, 3.05) is 39.3 Å². The molecule has 0 aliphatic carbocycles. The van der Waals surface area contributed by atoms with Gasteiger partial charge in [0.15, 0.2) is 5.78 Å². The number of carbonyl (C=O) groups is 2. The molecule has 4 rings (SSSR count). The van der Waals surface area contributed by atoms with Crippen LogP contribution in [0.5, 0.6) is 0 Å². The van der Waals surface area contributed by atoms with Gasteiger partial charge in [0.2, 0.25) is 5.91 Å². The molecule has 0 spiro atoms. The monoisotopic (exact) mass is 447 g/mol. The Morgan fingerprint density at radius 1 is 0.848 bits per heavy atom. The molecule has 2 fully saturated rings.